The van der Waals surface area contributed by atoms with Crippen LogP contribution in [0.3, 0.4) is 0 Å². The van der Waals surface area contributed by atoms with E-state index in [-0.39, 0.29) is 5.41 Å². The van der Waals surface area contributed by atoms with E-state index in [4.69, 9.17) is 32.9 Å². The van der Waals surface area contributed by atoms with E-state index < -0.39 is 0 Å². The largest absolute Gasteiger partial charge is 0.496 e. The maximum Gasteiger partial charge on any atom is 0.136 e. The summed E-state index contributed by atoms with van der Waals surface area (Å²) in [6.07, 6.45) is 0. The second-order valence-electron chi connectivity index (χ2n) is 5.91. The number of halogens is 2. The first kappa shape index (κ1) is 16.1. The van der Waals surface area contributed by atoms with Crippen LogP contribution >= 0.6 is 23.2 Å². The fourth-order valence-corrected chi connectivity index (χ4v) is 2.29. The van der Waals surface area contributed by atoms with Gasteiger partial charge in [-0.25, -0.2) is 9.97 Å². The van der Waals surface area contributed by atoms with E-state index in [1.54, 1.807) is 13.2 Å². The molecule has 0 saturated carbocycles. The molecule has 0 aliphatic heterocycles. The summed E-state index contributed by atoms with van der Waals surface area (Å²) in [6, 6.07) is 5.44. The maximum atomic E-state index is 6.29. The number of ether oxygens (including phenoxy) is 1. The van der Waals surface area contributed by atoms with Crippen LogP contribution in [0.1, 0.15) is 32.2 Å². The number of aromatic nitrogens is 2. The smallest absolute Gasteiger partial charge is 0.136 e. The molecule has 1 heterocycles. The Labute approximate surface area is 135 Å². The van der Waals surface area contributed by atoms with Gasteiger partial charge in [0.15, 0.2) is 0 Å². The van der Waals surface area contributed by atoms with E-state index in [1.807, 2.05) is 39.8 Å². The van der Waals surface area contributed by atoms with E-state index >= 15 is 0 Å². The molecule has 112 valence electrons. The van der Waals surface area contributed by atoms with Crippen LogP contribution in [0.5, 0.6) is 5.75 Å². The zero-order chi connectivity index (χ0) is 15.8. The predicted octanol–water partition coefficient (Wildman–Crippen LogP) is 5.06. The van der Waals surface area contributed by atoms with Crippen molar-refractivity contribution in [2.75, 3.05) is 7.11 Å². The molecule has 0 spiro atoms. The summed E-state index contributed by atoms with van der Waals surface area (Å²) in [4.78, 5) is 9.08. The highest BCUT2D eigenvalue weighted by molar-refractivity contribution is 6.31. The van der Waals surface area contributed by atoms with Crippen LogP contribution in [0.15, 0.2) is 18.2 Å². The van der Waals surface area contributed by atoms with E-state index in [2.05, 4.69) is 4.98 Å². The van der Waals surface area contributed by atoms with Crippen molar-refractivity contribution in [1.82, 2.24) is 9.97 Å². The van der Waals surface area contributed by atoms with Gasteiger partial charge >= 0.3 is 0 Å². The van der Waals surface area contributed by atoms with Gasteiger partial charge in [-0.3, -0.25) is 0 Å². The van der Waals surface area contributed by atoms with Crippen LogP contribution in [0, 0.1) is 6.92 Å². The van der Waals surface area contributed by atoms with E-state index in [0.717, 1.165) is 16.8 Å². The first-order chi connectivity index (χ1) is 9.74. The lowest BCUT2D eigenvalue weighted by molar-refractivity contribution is 0.416. The third-order valence-electron chi connectivity index (χ3n) is 3.17. The fourth-order valence-electron chi connectivity index (χ4n) is 1.95. The van der Waals surface area contributed by atoms with Gasteiger partial charge in [-0.05, 0) is 25.1 Å². The van der Waals surface area contributed by atoms with Crippen LogP contribution in [0.2, 0.25) is 10.2 Å². The Morgan fingerprint density at radius 2 is 1.76 bits per heavy atom. The van der Waals surface area contributed by atoms with Crippen molar-refractivity contribution >= 4 is 23.2 Å². The van der Waals surface area contributed by atoms with E-state index in [9.17, 15) is 0 Å². The maximum absolute atomic E-state index is 6.29. The summed E-state index contributed by atoms with van der Waals surface area (Å²) >= 11 is 12.4. The molecule has 0 radical (unpaired) electrons. The minimum absolute atomic E-state index is 0.197. The highest BCUT2D eigenvalue weighted by Crippen LogP contribution is 2.36. The first-order valence-electron chi connectivity index (χ1n) is 6.62. The molecular formula is C16H18Cl2N2O. The Balaban J connectivity index is 2.74. The minimum Gasteiger partial charge on any atom is -0.496 e. The molecule has 2 aromatic rings. The van der Waals surface area contributed by atoms with Crippen molar-refractivity contribution in [2.45, 2.75) is 33.1 Å². The highest BCUT2D eigenvalue weighted by Gasteiger charge is 2.22. The van der Waals surface area contributed by atoms with Crippen LogP contribution in [-0.4, -0.2) is 17.1 Å². The lowest BCUT2D eigenvalue weighted by atomic mass is 9.95. The number of hydrogen-bond acceptors (Lipinski definition) is 3. The monoisotopic (exact) mass is 324 g/mol. The lowest BCUT2D eigenvalue weighted by Gasteiger charge is -2.20. The van der Waals surface area contributed by atoms with Gasteiger partial charge in [-0.2, -0.15) is 0 Å². The molecule has 0 bridgehead atoms. The molecule has 21 heavy (non-hydrogen) atoms. The van der Waals surface area contributed by atoms with E-state index in [1.165, 1.54) is 0 Å². The predicted molar refractivity (Wildman–Crippen MR) is 87.5 cm³/mol. The Hall–Kier alpha value is -1.32. The molecule has 5 heteroatoms. The number of methoxy groups -OCH3 is 1. The van der Waals surface area contributed by atoms with Crippen molar-refractivity contribution in [3.05, 3.63) is 39.8 Å². The van der Waals surface area contributed by atoms with Gasteiger partial charge < -0.3 is 4.74 Å². The molecular weight excluding hydrogens is 307 g/mol. The number of hydrogen-bond donors (Lipinski definition) is 0. The molecule has 1 aromatic carbocycles. The Bertz CT molecular complexity index is 679. The number of benzene rings is 1. The van der Waals surface area contributed by atoms with Gasteiger partial charge in [0.2, 0.25) is 0 Å². The SMILES string of the molecule is COc1ccc(Cl)cc1-c1nc(C(C)(C)C)nc(Cl)c1C. The van der Waals surface area contributed by atoms with Crippen LogP contribution in [0.25, 0.3) is 11.3 Å². The zero-order valence-electron chi connectivity index (χ0n) is 12.8. The molecule has 0 unspecified atom stereocenters. The summed E-state index contributed by atoms with van der Waals surface area (Å²) in [5, 5.41) is 1.07. The van der Waals surface area contributed by atoms with Crippen molar-refractivity contribution < 1.29 is 4.74 Å². The Kier molecular flexibility index (Phi) is 4.45. The van der Waals surface area contributed by atoms with Gasteiger partial charge in [0.05, 0.1) is 12.8 Å². The number of nitrogens with zero attached hydrogens (tertiary/aromatic N) is 2. The van der Waals surface area contributed by atoms with Gasteiger partial charge in [-0.1, -0.05) is 44.0 Å². The molecule has 2 rings (SSSR count). The quantitative estimate of drug-likeness (QED) is 0.724. The molecule has 0 saturated heterocycles. The fraction of sp³-hybridized carbons (Fsp3) is 0.375. The summed E-state index contributed by atoms with van der Waals surface area (Å²) < 4.78 is 5.41. The third-order valence-corrected chi connectivity index (χ3v) is 3.78. The molecule has 0 fully saturated rings. The average Bonchev–Trinajstić information content (AvgIpc) is 2.40. The van der Waals surface area contributed by atoms with Gasteiger partial charge in [0.1, 0.15) is 16.7 Å². The van der Waals surface area contributed by atoms with Crippen molar-refractivity contribution in [2.24, 2.45) is 0 Å². The Morgan fingerprint density at radius 3 is 2.33 bits per heavy atom. The summed E-state index contributed by atoms with van der Waals surface area (Å²) in [5.74, 6) is 1.40. The highest BCUT2D eigenvalue weighted by atomic mass is 35.5. The van der Waals surface area contributed by atoms with Crippen LogP contribution in [0.4, 0.5) is 0 Å². The van der Waals surface area contributed by atoms with Crippen LogP contribution in [-0.2, 0) is 5.41 Å². The average molecular weight is 325 g/mol. The zero-order valence-corrected chi connectivity index (χ0v) is 14.3. The van der Waals surface area contributed by atoms with E-state index in [0.29, 0.717) is 21.7 Å². The molecule has 3 nitrogen and oxygen atoms in total. The van der Waals surface area contributed by atoms with Gasteiger partial charge in [0.25, 0.3) is 0 Å². The topological polar surface area (TPSA) is 35.0 Å². The summed E-state index contributed by atoms with van der Waals surface area (Å²) in [5.41, 5.74) is 2.18. The van der Waals surface area contributed by atoms with Crippen molar-refractivity contribution in [3.8, 4) is 17.0 Å². The molecule has 0 aliphatic rings. The second-order valence-corrected chi connectivity index (χ2v) is 6.70. The normalized spacial score (nSPS) is 11.6. The summed E-state index contributed by atoms with van der Waals surface area (Å²) in [7, 11) is 1.62. The Morgan fingerprint density at radius 1 is 1.10 bits per heavy atom. The number of rotatable bonds is 2. The molecule has 0 amide bonds. The minimum atomic E-state index is -0.197. The van der Waals surface area contributed by atoms with Crippen LogP contribution < -0.4 is 4.74 Å². The molecule has 0 aliphatic carbocycles. The van der Waals surface area contributed by atoms with Crippen molar-refractivity contribution in [1.29, 1.82) is 0 Å². The molecule has 0 atom stereocenters. The standard InChI is InChI=1S/C16H18Cl2N2O/c1-9-13(11-8-10(17)6-7-12(11)21-5)19-15(16(2,3)4)20-14(9)18/h6-8H,1-5H3. The summed E-state index contributed by atoms with van der Waals surface area (Å²) in [6.45, 7) is 8.04. The van der Waals surface area contributed by atoms with Gasteiger partial charge in [-0.15, -0.1) is 0 Å². The second kappa shape index (κ2) is 5.82. The lowest BCUT2D eigenvalue weighted by Crippen LogP contribution is -2.17. The van der Waals surface area contributed by atoms with Crippen molar-refractivity contribution in [3.63, 3.8) is 0 Å². The molecule has 1 aromatic heterocycles. The first-order valence-corrected chi connectivity index (χ1v) is 7.38. The third kappa shape index (κ3) is 3.30. The molecule has 0 N–H and O–H groups in total. The van der Waals surface area contributed by atoms with Gasteiger partial charge in [0, 0.05) is 21.6 Å².